The number of carbonyl (C=O) groups is 3. The van der Waals surface area contributed by atoms with Crippen molar-refractivity contribution in [1.29, 1.82) is 0 Å². The zero-order chi connectivity index (χ0) is 18.4. The Kier molecular flexibility index (Phi) is 6.13. The van der Waals surface area contributed by atoms with Crippen LogP contribution in [0.15, 0.2) is 46.9 Å². The second kappa shape index (κ2) is 8.29. The summed E-state index contributed by atoms with van der Waals surface area (Å²) in [4.78, 5) is 35.3. The van der Waals surface area contributed by atoms with Gasteiger partial charge in [-0.25, -0.2) is 4.79 Å². The monoisotopic (exact) mass is 405 g/mol. The molecule has 2 aromatic carbocycles. The average molecular weight is 406 g/mol. The van der Waals surface area contributed by atoms with E-state index in [2.05, 4.69) is 26.6 Å². The van der Waals surface area contributed by atoms with Gasteiger partial charge in [0.05, 0.1) is 5.56 Å². The number of halogens is 1. The van der Waals surface area contributed by atoms with Crippen molar-refractivity contribution in [2.45, 2.75) is 0 Å². The van der Waals surface area contributed by atoms with Crippen molar-refractivity contribution in [3.8, 4) is 0 Å². The minimum Gasteiger partial charge on any atom is -0.452 e. The van der Waals surface area contributed by atoms with E-state index >= 15 is 0 Å². The topological polar surface area (TPSA) is 111 Å². The summed E-state index contributed by atoms with van der Waals surface area (Å²) in [5, 5.41) is 5.07. The fourth-order valence-corrected chi connectivity index (χ4v) is 2.32. The lowest BCUT2D eigenvalue weighted by Crippen LogP contribution is -2.21. The zero-order valence-corrected chi connectivity index (χ0v) is 14.9. The second-order valence-corrected chi connectivity index (χ2v) is 5.93. The molecule has 0 bridgehead atoms. The van der Waals surface area contributed by atoms with E-state index in [1.54, 1.807) is 36.4 Å². The Morgan fingerprint density at radius 2 is 1.80 bits per heavy atom. The van der Waals surface area contributed by atoms with Crippen LogP contribution in [0.5, 0.6) is 0 Å². The molecule has 25 heavy (non-hydrogen) atoms. The summed E-state index contributed by atoms with van der Waals surface area (Å²) in [6.07, 6.45) is 0. The first-order chi connectivity index (χ1) is 11.9. The van der Waals surface area contributed by atoms with Gasteiger partial charge in [-0.1, -0.05) is 15.9 Å². The van der Waals surface area contributed by atoms with Gasteiger partial charge in [-0.2, -0.15) is 0 Å². The molecule has 0 aliphatic heterocycles. The van der Waals surface area contributed by atoms with E-state index in [1.807, 2.05) is 0 Å². The number of carbonyl (C=O) groups excluding carboxylic acids is 3. The van der Waals surface area contributed by atoms with E-state index in [-0.39, 0.29) is 17.2 Å². The first-order valence-electron chi connectivity index (χ1n) is 7.25. The third kappa shape index (κ3) is 5.05. The average Bonchev–Trinajstić information content (AvgIpc) is 2.61. The molecule has 8 heteroatoms. The second-order valence-electron chi connectivity index (χ2n) is 5.01. The number of rotatable bonds is 5. The molecule has 0 unspecified atom stereocenters. The van der Waals surface area contributed by atoms with Crippen molar-refractivity contribution in [1.82, 2.24) is 5.32 Å². The van der Waals surface area contributed by atoms with E-state index in [1.165, 1.54) is 13.1 Å². The van der Waals surface area contributed by atoms with Gasteiger partial charge in [-0.05, 0) is 42.5 Å². The van der Waals surface area contributed by atoms with Crippen molar-refractivity contribution in [3.05, 3.63) is 58.1 Å². The maximum atomic E-state index is 12.0. The van der Waals surface area contributed by atoms with Crippen molar-refractivity contribution in [2.75, 3.05) is 24.7 Å². The number of benzene rings is 2. The van der Waals surface area contributed by atoms with Gasteiger partial charge in [0.15, 0.2) is 6.61 Å². The summed E-state index contributed by atoms with van der Waals surface area (Å²) in [5.41, 5.74) is 7.11. The van der Waals surface area contributed by atoms with Gasteiger partial charge in [-0.3, -0.25) is 9.59 Å². The van der Waals surface area contributed by atoms with Crippen molar-refractivity contribution < 1.29 is 19.1 Å². The molecule has 0 aromatic heterocycles. The standard InChI is InChI=1S/C17H16BrN3O4/c1-20-16(23)10-2-5-12(6-3-10)21-15(22)9-25-17(24)13-8-11(18)4-7-14(13)19/h2-8H,9,19H2,1H3,(H,20,23)(H,21,22). The van der Waals surface area contributed by atoms with Crippen LogP contribution in [0.4, 0.5) is 11.4 Å². The summed E-state index contributed by atoms with van der Waals surface area (Å²) in [7, 11) is 1.53. The number of nitrogen functional groups attached to an aromatic ring is 1. The predicted octanol–water partition coefficient (Wildman–Crippen LogP) is 2.19. The molecule has 0 atom stereocenters. The van der Waals surface area contributed by atoms with Crippen LogP contribution in [-0.4, -0.2) is 31.4 Å². The van der Waals surface area contributed by atoms with E-state index in [4.69, 9.17) is 10.5 Å². The highest BCUT2D eigenvalue weighted by Gasteiger charge is 2.14. The molecular weight excluding hydrogens is 390 g/mol. The zero-order valence-electron chi connectivity index (χ0n) is 13.3. The quantitative estimate of drug-likeness (QED) is 0.521. The summed E-state index contributed by atoms with van der Waals surface area (Å²) < 4.78 is 5.64. The van der Waals surface area contributed by atoms with Gasteiger partial charge in [0, 0.05) is 28.5 Å². The van der Waals surface area contributed by atoms with Crippen molar-refractivity contribution in [3.63, 3.8) is 0 Å². The van der Waals surface area contributed by atoms with Crippen LogP contribution in [0.1, 0.15) is 20.7 Å². The summed E-state index contributed by atoms with van der Waals surface area (Å²) in [5.74, 6) is -1.42. The minimum absolute atomic E-state index is 0.178. The van der Waals surface area contributed by atoms with E-state index in [9.17, 15) is 14.4 Å². The van der Waals surface area contributed by atoms with E-state index < -0.39 is 18.5 Å². The highest BCUT2D eigenvalue weighted by Crippen LogP contribution is 2.19. The van der Waals surface area contributed by atoms with Gasteiger partial charge >= 0.3 is 5.97 Å². The van der Waals surface area contributed by atoms with Crippen LogP contribution in [0.25, 0.3) is 0 Å². The molecule has 0 fully saturated rings. The van der Waals surface area contributed by atoms with Crippen LogP contribution in [-0.2, 0) is 9.53 Å². The Labute approximate surface area is 152 Å². The third-order valence-electron chi connectivity index (χ3n) is 3.23. The van der Waals surface area contributed by atoms with Crippen molar-refractivity contribution in [2.24, 2.45) is 0 Å². The lowest BCUT2D eigenvalue weighted by molar-refractivity contribution is -0.119. The number of esters is 1. The summed E-state index contributed by atoms with van der Waals surface area (Å²) in [6.45, 7) is -0.456. The number of hydrogen-bond acceptors (Lipinski definition) is 5. The Morgan fingerprint density at radius 1 is 1.12 bits per heavy atom. The van der Waals surface area contributed by atoms with Gasteiger partial charge in [0.25, 0.3) is 11.8 Å². The third-order valence-corrected chi connectivity index (χ3v) is 3.72. The first kappa shape index (κ1) is 18.5. The smallest absolute Gasteiger partial charge is 0.340 e. The molecule has 130 valence electrons. The lowest BCUT2D eigenvalue weighted by Gasteiger charge is -2.09. The van der Waals surface area contributed by atoms with E-state index in [0.717, 1.165) is 0 Å². The molecule has 2 rings (SSSR count). The first-order valence-corrected chi connectivity index (χ1v) is 8.04. The summed E-state index contributed by atoms with van der Waals surface area (Å²) in [6, 6.07) is 11.1. The lowest BCUT2D eigenvalue weighted by atomic mass is 10.2. The molecule has 2 aromatic rings. The Morgan fingerprint density at radius 3 is 2.44 bits per heavy atom. The van der Waals surface area contributed by atoms with Crippen LogP contribution >= 0.6 is 15.9 Å². The van der Waals surface area contributed by atoms with Crippen LogP contribution in [0.3, 0.4) is 0 Å². The predicted molar refractivity (Wildman–Crippen MR) is 97.3 cm³/mol. The molecule has 2 amide bonds. The highest BCUT2D eigenvalue weighted by molar-refractivity contribution is 9.10. The van der Waals surface area contributed by atoms with Crippen LogP contribution in [0, 0.1) is 0 Å². The van der Waals surface area contributed by atoms with Crippen molar-refractivity contribution >= 4 is 45.1 Å². The molecule has 7 nitrogen and oxygen atoms in total. The van der Waals surface area contributed by atoms with E-state index in [0.29, 0.717) is 15.7 Å². The van der Waals surface area contributed by atoms with Gasteiger partial charge in [0.2, 0.25) is 0 Å². The largest absolute Gasteiger partial charge is 0.452 e. The molecule has 0 heterocycles. The molecule has 0 saturated heterocycles. The maximum Gasteiger partial charge on any atom is 0.340 e. The number of ether oxygens (including phenoxy) is 1. The fourth-order valence-electron chi connectivity index (χ4n) is 1.96. The molecule has 0 aliphatic rings. The molecular formula is C17H16BrN3O4. The molecule has 0 saturated carbocycles. The minimum atomic E-state index is -0.691. The number of nitrogens with two attached hydrogens (primary N) is 1. The molecule has 0 radical (unpaired) electrons. The molecule has 0 spiro atoms. The number of nitrogens with one attached hydrogen (secondary N) is 2. The SMILES string of the molecule is CNC(=O)c1ccc(NC(=O)COC(=O)c2cc(Br)ccc2N)cc1. The number of anilines is 2. The Bertz CT molecular complexity index is 806. The molecule has 0 aliphatic carbocycles. The highest BCUT2D eigenvalue weighted by atomic mass is 79.9. The Balaban J connectivity index is 1.91. The number of amides is 2. The van der Waals surface area contributed by atoms with Crippen LogP contribution < -0.4 is 16.4 Å². The Hall–Kier alpha value is -2.87. The fraction of sp³-hybridized carbons (Fsp3) is 0.118. The maximum absolute atomic E-state index is 12.0. The van der Waals surface area contributed by atoms with Crippen LogP contribution in [0.2, 0.25) is 0 Å². The van der Waals surface area contributed by atoms with Gasteiger partial charge in [-0.15, -0.1) is 0 Å². The normalized spacial score (nSPS) is 10.0. The van der Waals surface area contributed by atoms with Gasteiger partial charge in [0.1, 0.15) is 0 Å². The number of hydrogen-bond donors (Lipinski definition) is 3. The van der Waals surface area contributed by atoms with Gasteiger partial charge < -0.3 is 21.1 Å². The summed E-state index contributed by atoms with van der Waals surface area (Å²) >= 11 is 3.24. The molecule has 4 N–H and O–H groups in total.